The normalized spacial score (nSPS) is 10.2. The van der Waals surface area contributed by atoms with Gasteiger partial charge in [-0.1, -0.05) is 18.2 Å². The number of para-hydroxylation sites is 1. The number of rotatable bonds is 5. The minimum absolute atomic E-state index is 0.0122. The van der Waals surface area contributed by atoms with Crippen molar-refractivity contribution in [2.45, 2.75) is 6.61 Å². The molecule has 0 saturated heterocycles. The molecule has 110 valence electrons. The first kappa shape index (κ1) is 15.3. The van der Waals surface area contributed by atoms with Crippen molar-refractivity contribution in [3.8, 4) is 11.5 Å². The lowest BCUT2D eigenvalue weighted by molar-refractivity contribution is 0.0691. The second-order valence-corrected chi connectivity index (χ2v) is 4.94. The van der Waals surface area contributed by atoms with E-state index in [0.29, 0.717) is 11.3 Å². The zero-order chi connectivity index (χ0) is 15.4. The van der Waals surface area contributed by atoms with Crippen LogP contribution in [0.25, 0.3) is 0 Å². The monoisotopic (exact) mass is 354 g/mol. The van der Waals surface area contributed by atoms with Crippen LogP contribution in [0.2, 0.25) is 0 Å². The molecule has 0 spiro atoms. The summed E-state index contributed by atoms with van der Waals surface area (Å²) >= 11 is 3.13. The molecule has 0 aliphatic heterocycles. The summed E-state index contributed by atoms with van der Waals surface area (Å²) in [4.78, 5) is 11.2. The Morgan fingerprint density at radius 2 is 2.00 bits per heavy atom. The fourth-order valence-electron chi connectivity index (χ4n) is 1.80. The highest BCUT2D eigenvalue weighted by Gasteiger charge is 2.17. The van der Waals surface area contributed by atoms with Gasteiger partial charge in [-0.15, -0.1) is 0 Å². The molecule has 0 aromatic heterocycles. The van der Waals surface area contributed by atoms with Crippen molar-refractivity contribution in [1.29, 1.82) is 0 Å². The Morgan fingerprint density at radius 3 is 2.67 bits per heavy atom. The highest BCUT2D eigenvalue weighted by Crippen LogP contribution is 2.32. The van der Waals surface area contributed by atoms with Gasteiger partial charge < -0.3 is 14.6 Å². The van der Waals surface area contributed by atoms with Gasteiger partial charge in [-0.25, -0.2) is 9.18 Å². The number of carboxylic acids is 1. The van der Waals surface area contributed by atoms with Crippen molar-refractivity contribution in [3.63, 3.8) is 0 Å². The number of ether oxygens (including phenoxy) is 2. The van der Waals surface area contributed by atoms with Crippen LogP contribution in [0.4, 0.5) is 4.39 Å². The van der Waals surface area contributed by atoms with Crippen LogP contribution in [0.3, 0.4) is 0 Å². The lowest BCUT2D eigenvalue weighted by Crippen LogP contribution is -2.05. The van der Waals surface area contributed by atoms with Gasteiger partial charge in [-0.3, -0.25) is 0 Å². The number of hydrogen-bond acceptors (Lipinski definition) is 3. The van der Waals surface area contributed by atoms with Gasteiger partial charge in [0.25, 0.3) is 0 Å². The first-order valence-corrected chi connectivity index (χ1v) is 6.80. The Morgan fingerprint density at radius 1 is 1.29 bits per heavy atom. The molecule has 0 aliphatic carbocycles. The maximum Gasteiger partial charge on any atom is 0.339 e. The molecular formula is C15H12BrFO4. The number of aromatic carboxylic acids is 1. The quantitative estimate of drug-likeness (QED) is 0.885. The van der Waals surface area contributed by atoms with Crippen molar-refractivity contribution in [2.75, 3.05) is 7.11 Å². The smallest absolute Gasteiger partial charge is 0.339 e. The van der Waals surface area contributed by atoms with E-state index in [1.165, 1.54) is 19.2 Å². The highest BCUT2D eigenvalue weighted by molar-refractivity contribution is 9.10. The third-order valence-electron chi connectivity index (χ3n) is 2.83. The fourth-order valence-corrected chi connectivity index (χ4v) is 2.18. The predicted octanol–water partition coefficient (Wildman–Crippen LogP) is 3.87. The first-order chi connectivity index (χ1) is 10.0. The van der Waals surface area contributed by atoms with E-state index in [9.17, 15) is 14.3 Å². The van der Waals surface area contributed by atoms with Crippen molar-refractivity contribution in [3.05, 3.63) is 57.8 Å². The number of methoxy groups -OCH3 is 1. The van der Waals surface area contributed by atoms with E-state index < -0.39 is 11.8 Å². The molecule has 0 radical (unpaired) electrons. The molecule has 2 aromatic carbocycles. The number of carbonyl (C=O) groups is 1. The van der Waals surface area contributed by atoms with Gasteiger partial charge in [0.15, 0.2) is 11.5 Å². The zero-order valence-electron chi connectivity index (χ0n) is 11.1. The molecule has 6 heteroatoms. The van der Waals surface area contributed by atoms with Crippen LogP contribution in [0, 0.1) is 5.82 Å². The Bertz CT molecular complexity index is 673. The number of benzene rings is 2. The summed E-state index contributed by atoms with van der Waals surface area (Å²) in [5.74, 6) is -1.11. The maximum absolute atomic E-state index is 13.4. The van der Waals surface area contributed by atoms with Crippen molar-refractivity contribution in [1.82, 2.24) is 0 Å². The molecule has 21 heavy (non-hydrogen) atoms. The number of carboxylic acid groups (broad SMARTS) is 1. The Kier molecular flexibility index (Phi) is 4.80. The molecule has 2 rings (SSSR count). The molecule has 0 amide bonds. The van der Waals surface area contributed by atoms with E-state index in [2.05, 4.69) is 15.9 Å². The third kappa shape index (κ3) is 3.33. The minimum Gasteiger partial charge on any atom is -0.493 e. The largest absolute Gasteiger partial charge is 0.493 e. The Hall–Kier alpha value is -2.08. The molecular weight excluding hydrogens is 343 g/mol. The molecule has 0 fully saturated rings. The molecule has 2 aromatic rings. The molecule has 0 aliphatic rings. The van der Waals surface area contributed by atoms with E-state index in [1.54, 1.807) is 24.3 Å². The zero-order valence-corrected chi connectivity index (χ0v) is 12.7. The second-order valence-electron chi connectivity index (χ2n) is 4.14. The molecule has 0 heterocycles. The summed E-state index contributed by atoms with van der Waals surface area (Å²) in [6.45, 7) is 0.0129. The fraction of sp³-hybridized carbons (Fsp3) is 0.133. The van der Waals surface area contributed by atoms with Gasteiger partial charge in [0.1, 0.15) is 18.0 Å². The highest BCUT2D eigenvalue weighted by atomic mass is 79.9. The molecule has 0 bridgehead atoms. The molecule has 4 nitrogen and oxygen atoms in total. The van der Waals surface area contributed by atoms with Crippen molar-refractivity contribution < 1.29 is 23.8 Å². The third-order valence-corrected chi connectivity index (χ3v) is 3.72. The van der Waals surface area contributed by atoms with E-state index in [0.717, 1.165) is 0 Å². The second kappa shape index (κ2) is 6.58. The van der Waals surface area contributed by atoms with Crippen LogP contribution >= 0.6 is 15.9 Å². The van der Waals surface area contributed by atoms with Gasteiger partial charge >= 0.3 is 5.97 Å². The van der Waals surface area contributed by atoms with Crippen LogP contribution in [-0.2, 0) is 6.61 Å². The maximum atomic E-state index is 13.4. The van der Waals surface area contributed by atoms with E-state index in [4.69, 9.17) is 9.47 Å². The van der Waals surface area contributed by atoms with Gasteiger partial charge in [0.05, 0.1) is 11.6 Å². The topological polar surface area (TPSA) is 55.8 Å². The Balaban J connectivity index is 2.31. The van der Waals surface area contributed by atoms with Crippen LogP contribution in [0.15, 0.2) is 40.9 Å². The van der Waals surface area contributed by atoms with Gasteiger partial charge in [-0.05, 0) is 34.1 Å². The molecule has 0 saturated carbocycles. The van der Waals surface area contributed by atoms with Crippen LogP contribution in [0.5, 0.6) is 11.5 Å². The van der Waals surface area contributed by atoms with Crippen molar-refractivity contribution >= 4 is 21.9 Å². The van der Waals surface area contributed by atoms with Crippen LogP contribution in [-0.4, -0.2) is 18.2 Å². The summed E-state index contributed by atoms with van der Waals surface area (Å²) in [5.41, 5.74) is 0.555. The summed E-state index contributed by atoms with van der Waals surface area (Å²) in [6, 6.07) is 9.14. The SMILES string of the molecule is COc1cccc(C(=O)O)c1OCc1cccc(F)c1Br. The minimum atomic E-state index is -1.12. The van der Waals surface area contributed by atoms with E-state index in [-0.39, 0.29) is 22.4 Å². The van der Waals surface area contributed by atoms with Gasteiger partial charge in [0, 0.05) is 5.56 Å². The lowest BCUT2D eigenvalue weighted by atomic mass is 10.2. The van der Waals surface area contributed by atoms with Gasteiger partial charge in [0.2, 0.25) is 0 Å². The summed E-state index contributed by atoms with van der Waals surface area (Å²) < 4.78 is 24.4. The van der Waals surface area contributed by atoms with Crippen LogP contribution in [0.1, 0.15) is 15.9 Å². The van der Waals surface area contributed by atoms with Gasteiger partial charge in [-0.2, -0.15) is 0 Å². The number of hydrogen-bond donors (Lipinski definition) is 1. The molecule has 1 N–H and O–H groups in total. The average molecular weight is 355 g/mol. The number of halogens is 2. The lowest BCUT2D eigenvalue weighted by Gasteiger charge is -2.14. The predicted molar refractivity (Wildman–Crippen MR) is 78.4 cm³/mol. The first-order valence-electron chi connectivity index (χ1n) is 6.00. The summed E-state index contributed by atoms with van der Waals surface area (Å²) in [6.07, 6.45) is 0. The average Bonchev–Trinajstić information content (AvgIpc) is 2.48. The van der Waals surface area contributed by atoms with E-state index >= 15 is 0 Å². The standard InChI is InChI=1S/C15H12BrFO4/c1-20-12-7-3-5-10(15(18)19)14(12)21-8-9-4-2-6-11(17)13(9)16/h2-7H,8H2,1H3,(H,18,19). The molecule has 0 unspecified atom stereocenters. The van der Waals surface area contributed by atoms with Crippen molar-refractivity contribution in [2.24, 2.45) is 0 Å². The summed E-state index contributed by atoms with van der Waals surface area (Å²) in [7, 11) is 1.42. The Labute approximate surface area is 129 Å². The van der Waals surface area contributed by atoms with E-state index in [1.807, 2.05) is 0 Å². The summed E-state index contributed by atoms with van der Waals surface area (Å²) in [5, 5.41) is 9.18. The van der Waals surface area contributed by atoms with Crippen LogP contribution < -0.4 is 9.47 Å². The molecule has 0 atom stereocenters.